The molecule has 2 N–H and O–H groups in total. The summed E-state index contributed by atoms with van der Waals surface area (Å²) in [5.41, 5.74) is 6.12. The Hall–Kier alpha value is -1.72. The van der Waals surface area contributed by atoms with Crippen LogP contribution in [0.2, 0.25) is 0 Å². The van der Waals surface area contributed by atoms with E-state index in [4.69, 9.17) is 15.2 Å². The van der Waals surface area contributed by atoms with Crippen LogP contribution in [0.25, 0.3) is 0 Å². The maximum absolute atomic E-state index is 11.9. The largest absolute Gasteiger partial charge is 0.463 e. The minimum Gasteiger partial charge on any atom is -0.463 e. The summed E-state index contributed by atoms with van der Waals surface area (Å²) >= 11 is 0. The quantitative estimate of drug-likeness (QED) is 0.767. The maximum Gasteiger partial charge on any atom is 0.410 e. The van der Waals surface area contributed by atoms with Crippen molar-refractivity contribution < 1.29 is 19.1 Å². The average molecular weight is 270 g/mol. The van der Waals surface area contributed by atoms with Gasteiger partial charge >= 0.3 is 12.1 Å². The Kier molecular flexibility index (Phi) is 4.80. The van der Waals surface area contributed by atoms with E-state index in [2.05, 4.69) is 0 Å². The van der Waals surface area contributed by atoms with Crippen LogP contribution in [0.5, 0.6) is 0 Å². The lowest BCUT2D eigenvalue weighted by molar-refractivity contribution is -0.139. The van der Waals surface area contributed by atoms with Gasteiger partial charge in [0.05, 0.1) is 18.7 Å². The Bertz CT molecular complexity index is 396. The molecule has 0 aliphatic carbocycles. The Morgan fingerprint density at radius 3 is 2.47 bits per heavy atom. The van der Waals surface area contributed by atoms with Crippen LogP contribution < -0.4 is 5.73 Å². The van der Waals surface area contributed by atoms with Gasteiger partial charge in [-0.3, -0.25) is 0 Å². The minimum atomic E-state index is -0.545. The van der Waals surface area contributed by atoms with Gasteiger partial charge < -0.3 is 20.1 Å². The molecule has 0 aromatic carbocycles. The number of hydrogen-bond donors (Lipinski definition) is 1. The summed E-state index contributed by atoms with van der Waals surface area (Å²) in [6.45, 7) is 8.07. The second-order valence-corrected chi connectivity index (χ2v) is 5.38. The van der Waals surface area contributed by atoms with E-state index in [1.54, 1.807) is 27.7 Å². The molecule has 0 aromatic heterocycles. The Morgan fingerprint density at radius 2 is 2.00 bits per heavy atom. The van der Waals surface area contributed by atoms with Crippen LogP contribution in [-0.2, 0) is 14.3 Å². The summed E-state index contributed by atoms with van der Waals surface area (Å²) in [6, 6.07) is 0. The molecule has 1 rings (SSSR count). The van der Waals surface area contributed by atoms with Gasteiger partial charge in [0.2, 0.25) is 0 Å². The lowest BCUT2D eigenvalue weighted by atomic mass is 10.1. The minimum absolute atomic E-state index is 0.197. The molecule has 0 unspecified atom stereocenters. The highest BCUT2D eigenvalue weighted by Gasteiger charge is 2.28. The number of rotatable bonds is 2. The fourth-order valence-electron chi connectivity index (χ4n) is 1.72. The fourth-order valence-corrected chi connectivity index (χ4v) is 1.72. The number of carbonyl (C=O) groups excluding carboxylic acids is 2. The van der Waals surface area contributed by atoms with E-state index in [-0.39, 0.29) is 6.54 Å². The van der Waals surface area contributed by atoms with Crippen molar-refractivity contribution in [3.63, 3.8) is 0 Å². The SMILES string of the molecule is CCOC(=O)C1=C(N)CN(C(=O)OC(C)(C)C)CC1. The molecule has 0 spiro atoms. The zero-order valence-corrected chi connectivity index (χ0v) is 12.0. The van der Waals surface area contributed by atoms with Crippen LogP contribution >= 0.6 is 0 Å². The van der Waals surface area contributed by atoms with Gasteiger partial charge in [0.25, 0.3) is 0 Å². The maximum atomic E-state index is 11.9. The summed E-state index contributed by atoms with van der Waals surface area (Å²) in [6.07, 6.45) is -0.0254. The Balaban J connectivity index is 2.68. The lowest BCUT2D eigenvalue weighted by Gasteiger charge is -2.30. The highest BCUT2D eigenvalue weighted by Crippen LogP contribution is 2.18. The van der Waals surface area contributed by atoms with E-state index >= 15 is 0 Å². The molecule has 0 atom stereocenters. The third-order valence-electron chi connectivity index (χ3n) is 2.55. The molecule has 6 heteroatoms. The van der Waals surface area contributed by atoms with E-state index in [1.807, 2.05) is 0 Å². The van der Waals surface area contributed by atoms with Crippen molar-refractivity contribution in [3.8, 4) is 0 Å². The molecule has 1 aliphatic heterocycles. The Morgan fingerprint density at radius 1 is 1.37 bits per heavy atom. The Labute approximate surface area is 113 Å². The highest BCUT2D eigenvalue weighted by molar-refractivity contribution is 5.89. The molecule has 6 nitrogen and oxygen atoms in total. The van der Waals surface area contributed by atoms with Gasteiger partial charge in [0, 0.05) is 12.2 Å². The van der Waals surface area contributed by atoms with Gasteiger partial charge in [-0.15, -0.1) is 0 Å². The molecule has 0 saturated carbocycles. The molecule has 0 fully saturated rings. The van der Waals surface area contributed by atoms with Crippen molar-refractivity contribution in [1.29, 1.82) is 0 Å². The first-order valence-electron chi connectivity index (χ1n) is 6.37. The number of hydrogen-bond acceptors (Lipinski definition) is 5. The zero-order valence-electron chi connectivity index (χ0n) is 12.0. The van der Waals surface area contributed by atoms with E-state index in [0.29, 0.717) is 30.8 Å². The van der Waals surface area contributed by atoms with Crippen LogP contribution in [0.15, 0.2) is 11.3 Å². The first-order valence-corrected chi connectivity index (χ1v) is 6.37. The van der Waals surface area contributed by atoms with Crippen molar-refractivity contribution in [2.45, 2.75) is 39.7 Å². The zero-order chi connectivity index (χ0) is 14.6. The number of esters is 1. The molecule has 1 aliphatic rings. The molecule has 0 saturated heterocycles. The fraction of sp³-hybridized carbons (Fsp3) is 0.692. The molecular weight excluding hydrogens is 248 g/mol. The normalized spacial score (nSPS) is 16.3. The van der Waals surface area contributed by atoms with Crippen molar-refractivity contribution in [3.05, 3.63) is 11.3 Å². The molecule has 1 amide bonds. The van der Waals surface area contributed by atoms with E-state index < -0.39 is 17.7 Å². The van der Waals surface area contributed by atoms with Crippen molar-refractivity contribution >= 4 is 12.1 Å². The third-order valence-corrected chi connectivity index (χ3v) is 2.55. The van der Waals surface area contributed by atoms with Gasteiger partial charge in [-0.25, -0.2) is 9.59 Å². The van der Waals surface area contributed by atoms with Crippen molar-refractivity contribution in [2.75, 3.05) is 19.7 Å². The van der Waals surface area contributed by atoms with Crippen LogP contribution in [0.4, 0.5) is 4.79 Å². The van der Waals surface area contributed by atoms with Crippen molar-refractivity contribution in [1.82, 2.24) is 4.90 Å². The van der Waals surface area contributed by atoms with Crippen LogP contribution in [0.3, 0.4) is 0 Å². The number of carbonyl (C=O) groups is 2. The molecule has 1 heterocycles. The second-order valence-electron chi connectivity index (χ2n) is 5.38. The molecule has 0 bridgehead atoms. The smallest absolute Gasteiger partial charge is 0.410 e. The summed E-state index contributed by atoms with van der Waals surface area (Å²) in [4.78, 5) is 25.0. The topological polar surface area (TPSA) is 81.9 Å². The van der Waals surface area contributed by atoms with Gasteiger partial charge in [0.1, 0.15) is 5.60 Å². The van der Waals surface area contributed by atoms with E-state index in [1.165, 1.54) is 4.90 Å². The predicted molar refractivity (Wildman–Crippen MR) is 70.3 cm³/mol. The van der Waals surface area contributed by atoms with E-state index in [9.17, 15) is 9.59 Å². The summed E-state index contributed by atoms with van der Waals surface area (Å²) in [7, 11) is 0. The van der Waals surface area contributed by atoms with Crippen molar-refractivity contribution in [2.24, 2.45) is 5.73 Å². The lowest BCUT2D eigenvalue weighted by Crippen LogP contribution is -2.43. The van der Waals surface area contributed by atoms with Gasteiger partial charge in [-0.2, -0.15) is 0 Å². The number of nitrogens with zero attached hydrogens (tertiary/aromatic N) is 1. The molecule has 108 valence electrons. The number of nitrogens with two attached hydrogens (primary N) is 1. The van der Waals surface area contributed by atoms with Gasteiger partial charge in [0.15, 0.2) is 0 Å². The molecule has 0 radical (unpaired) electrons. The van der Waals surface area contributed by atoms with Crippen LogP contribution in [0.1, 0.15) is 34.1 Å². The first kappa shape index (κ1) is 15.3. The number of amides is 1. The van der Waals surface area contributed by atoms with Crippen LogP contribution in [0, 0.1) is 0 Å². The monoisotopic (exact) mass is 270 g/mol. The molecule has 0 aromatic rings. The number of ether oxygens (including phenoxy) is 2. The van der Waals surface area contributed by atoms with Gasteiger partial charge in [-0.05, 0) is 34.1 Å². The van der Waals surface area contributed by atoms with Gasteiger partial charge in [-0.1, -0.05) is 0 Å². The standard InChI is InChI=1S/C13H22N2O4/c1-5-18-11(16)9-6-7-15(8-10(9)14)12(17)19-13(2,3)4/h5-8,14H2,1-4H3. The summed E-state index contributed by atoms with van der Waals surface area (Å²) in [5.74, 6) is -0.399. The predicted octanol–water partition coefficient (Wildman–Crippen LogP) is 1.40. The second kappa shape index (κ2) is 5.95. The molecular formula is C13H22N2O4. The summed E-state index contributed by atoms with van der Waals surface area (Å²) in [5, 5.41) is 0. The van der Waals surface area contributed by atoms with E-state index in [0.717, 1.165) is 0 Å². The molecule has 19 heavy (non-hydrogen) atoms. The average Bonchev–Trinajstić information content (AvgIpc) is 2.26. The first-order chi connectivity index (χ1) is 8.74. The van der Waals surface area contributed by atoms with Crippen LogP contribution in [-0.4, -0.2) is 42.3 Å². The highest BCUT2D eigenvalue weighted by atomic mass is 16.6. The summed E-state index contributed by atoms with van der Waals surface area (Å²) < 4.78 is 10.2. The third kappa shape index (κ3) is 4.46.